The van der Waals surface area contributed by atoms with E-state index in [1.807, 2.05) is 0 Å². The van der Waals surface area contributed by atoms with E-state index in [9.17, 15) is 4.79 Å². The van der Waals surface area contributed by atoms with Crippen molar-refractivity contribution in [1.82, 2.24) is 0 Å². The average Bonchev–Trinajstić information content (AvgIpc) is 2.81. The van der Waals surface area contributed by atoms with Crippen molar-refractivity contribution in [2.45, 2.75) is 76.8 Å². The number of hydrogen-bond acceptors (Lipinski definition) is 3. The summed E-state index contributed by atoms with van der Waals surface area (Å²) in [6.45, 7) is 8.31. The number of hydrogen-bond donors (Lipinski definition) is 0. The molecular weight excluding hydrogens is 227 g/mol. The summed E-state index contributed by atoms with van der Waals surface area (Å²) in [4.78, 5) is 12.0. The molecule has 0 bridgehead atoms. The zero-order chi connectivity index (χ0) is 13.2. The maximum atomic E-state index is 12.0. The van der Waals surface area contributed by atoms with Crippen LogP contribution in [0.1, 0.15) is 59.8 Å². The van der Waals surface area contributed by atoms with Crippen molar-refractivity contribution >= 4 is 12.9 Å². The highest BCUT2D eigenvalue weighted by Gasteiger charge is 2.65. The summed E-state index contributed by atoms with van der Waals surface area (Å²) in [5.41, 5.74) is -0.659. The van der Waals surface area contributed by atoms with Crippen molar-refractivity contribution in [2.24, 2.45) is 5.41 Å². The van der Waals surface area contributed by atoms with Crippen LogP contribution in [-0.4, -0.2) is 24.1 Å². The molecule has 3 fully saturated rings. The van der Waals surface area contributed by atoms with Crippen molar-refractivity contribution in [3.63, 3.8) is 0 Å². The zero-order valence-corrected chi connectivity index (χ0v) is 11.9. The molecule has 4 heteroatoms. The zero-order valence-electron chi connectivity index (χ0n) is 11.9. The van der Waals surface area contributed by atoms with E-state index in [1.54, 1.807) is 0 Å². The highest BCUT2D eigenvalue weighted by atomic mass is 16.7. The van der Waals surface area contributed by atoms with Crippen LogP contribution in [0.3, 0.4) is 0 Å². The Hall–Kier alpha value is -0.345. The molecule has 0 amide bonds. The molecule has 2 aliphatic carbocycles. The fourth-order valence-electron chi connectivity index (χ4n) is 3.74. The molecular formula is C14H23BO3. The lowest BCUT2D eigenvalue weighted by molar-refractivity contribution is -0.138. The standard InChI is InChI=1S/C14H23BO3/c1-12(2)13(3,4)18-15(17-12)10-9-11(16)14(10)7-5-6-8-14/h10H,5-9H2,1-4H3/t10-/m1/s1. The Morgan fingerprint density at radius 3 is 2.00 bits per heavy atom. The predicted octanol–water partition coefficient (Wildman–Crippen LogP) is 2.98. The number of carbonyl (C=O) groups excluding carboxylic acids is 1. The fraction of sp³-hybridized carbons (Fsp3) is 0.929. The molecule has 0 aromatic rings. The van der Waals surface area contributed by atoms with E-state index in [0.717, 1.165) is 12.8 Å². The van der Waals surface area contributed by atoms with Crippen LogP contribution in [-0.2, 0) is 14.1 Å². The highest BCUT2D eigenvalue weighted by Crippen LogP contribution is 2.61. The number of ketones is 1. The SMILES string of the molecule is CC1(C)OB([C@@H]2CC(=O)C23CCCC3)OC1(C)C. The molecule has 2 saturated carbocycles. The Morgan fingerprint density at radius 1 is 1.06 bits per heavy atom. The van der Waals surface area contributed by atoms with Crippen LogP contribution < -0.4 is 0 Å². The molecule has 3 nitrogen and oxygen atoms in total. The van der Waals surface area contributed by atoms with Gasteiger partial charge in [-0.25, -0.2) is 0 Å². The first-order chi connectivity index (χ1) is 8.29. The lowest BCUT2D eigenvalue weighted by Crippen LogP contribution is -2.51. The monoisotopic (exact) mass is 250 g/mol. The second-order valence-corrected chi connectivity index (χ2v) is 7.22. The Kier molecular flexibility index (Phi) is 2.54. The maximum absolute atomic E-state index is 12.0. The smallest absolute Gasteiger partial charge is 0.403 e. The summed E-state index contributed by atoms with van der Waals surface area (Å²) in [7, 11) is -0.189. The molecule has 3 rings (SSSR count). The average molecular weight is 250 g/mol. The Balaban J connectivity index is 1.80. The van der Waals surface area contributed by atoms with Crippen LogP contribution in [0.25, 0.3) is 0 Å². The molecule has 0 N–H and O–H groups in total. The minimum atomic E-state index is -0.282. The molecule has 0 aromatic heterocycles. The number of carbonyl (C=O) groups is 1. The highest BCUT2D eigenvalue weighted by molar-refractivity contribution is 6.50. The summed E-state index contributed by atoms with van der Waals surface area (Å²) in [6, 6.07) is 0. The van der Waals surface area contributed by atoms with Gasteiger partial charge in [-0.2, -0.15) is 0 Å². The molecule has 0 aromatic carbocycles. The van der Waals surface area contributed by atoms with Gasteiger partial charge in [-0.15, -0.1) is 0 Å². The van der Waals surface area contributed by atoms with Crippen molar-refractivity contribution < 1.29 is 14.1 Å². The summed E-state index contributed by atoms with van der Waals surface area (Å²) < 4.78 is 12.3. The largest absolute Gasteiger partial charge is 0.462 e. The van der Waals surface area contributed by atoms with E-state index in [1.165, 1.54) is 12.8 Å². The second kappa shape index (κ2) is 3.60. The topological polar surface area (TPSA) is 35.5 Å². The van der Waals surface area contributed by atoms with Crippen LogP contribution >= 0.6 is 0 Å². The quantitative estimate of drug-likeness (QED) is 0.671. The third-order valence-electron chi connectivity index (χ3n) is 5.77. The van der Waals surface area contributed by atoms with Crippen LogP contribution in [0, 0.1) is 5.41 Å². The van der Waals surface area contributed by atoms with Crippen LogP contribution in [0.2, 0.25) is 5.82 Å². The first-order valence-corrected chi connectivity index (χ1v) is 7.17. The fourth-order valence-corrected chi connectivity index (χ4v) is 3.74. The van der Waals surface area contributed by atoms with Gasteiger partial charge in [0.25, 0.3) is 0 Å². The van der Waals surface area contributed by atoms with Crippen LogP contribution in [0.4, 0.5) is 0 Å². The molecule has 1 atom stereocenters. The van der Waals surface area contributed by atoms with E-state index in [0.29, 0.717) is 12.2 Å². The van der Waals surface area contributed by atoms with Crippen molar-refractivity contribution in [3.05, 3.63) is 0 Å². The van der Waals surface area contributed by atoms with E-state index in [-0.39, 0.29) is 29.6 Å². The van der Waals surface area contributed by atoms with E-state index in [2.05, 4.69) is 27.7 Å². The molecule has 18 heavy (non-hydrogen) atoms. The van der Waals surface area contributed by atoms with Gasteiger partial charge in [0.15, 0.2) is 0 Å². The molecule has 1 heterocycles. The maximum Gasteiger partial charge on any atom is 0.462 e. The minimum absolute atomic E-state index is 0.0961. The van der Waals surface area contributed by atoms with Gasteiger partial charge in [-0.05, 0) is 40.5 Å². The molecule has 1 aliphatic heterocycles. The normalized spacial score (nSPS) is 36.1. The third kappa shape index (κ3) is 1.48. The van der Waals surface area contributed by atoms with Gasteiger partial charge in [0.1, 0.15) is 5.78 Å². The first-order valence-electron chi connectivity index (χ1n) is 7.17. The summed E-state index contributed by atoms with van der Waals surface area (Å²) >= 11 is 0. The van der Waals surface area contributed by atoms with E-state index >= 15 is 0 Å². The van der Waals surface area contributed by atoms with Crippen molar-refractivity contribution in [2.75, 3.05) is 0 Å². The van der Waals surface area contributed by atoms with Gasteiger partial charge in [-0.3, -0.25) is 4.79 Å². The molecule has 3 aliphatic rings. The van der Waals surface area contributed by atoms with E-state index < -0.39 is 0 Å². The van der Waals surface area contributed by atoms with Crippen molar-refractivity contribution in [3.8, 4) is 0 Å². The molecule has 0 unspecified atom stereocenters. The van der Waals surface area contributed by atoms with Gasteiger partial charge in [-0.1, -0.05) is 12.8 Å². The number of rotatable bonds is 1. The molecule has 100 valence electrons. The van der Waals surface area contributed by atoms with Crippen LogP contribution in [0.5, 0.6) is 0 Å². The molecule has 0 radical (unpaired) electrons. The Bertz CT molecular complexity index is 367. The third-order valence-corrected chi connectivity index (χ3v) is 5.77. The van der Waals surface area contributed by atoms with Gasteiger partial charge in [0.05, 0.1) is 11.2 Å². The van der Waals surface area contributed by atoms with Gasteiger partial charge in [0.2, 0.25) is 0 Å². The van der Waals surface area contributed by atoms with Crippen molar-refractivity contribution in [1.29, 1.82) is 0 Å². The predicted molar refractivity (Wildman–Crippen MR) is 70.4 cm³/mol. The molecule has 1 spiro atoms. The van der Waals surface area contributed by atoms with Crippen LogP contribution in [0.15, 0.2) is 0 Å². The summed E-state index contributed by atoms with van der Waals surface area (Å²) in [5.74, 6) is 0.730. The number of Topliss-reactive ketones (excluding diaryl/α,β-unsaturated/α-hetero) is 1. The summed E-state index contributed by atoms with van der Waals surface area (Å²) in [6.07, 6.45) is 5.10. The first kappa shape index (κ1) is 12.7. The van der Waals surface area contributed by atoms with Gasteiger partial charge < -0.3 is 9.31 Å². The second-order valence-electron chi connectivity index (χ2n) is 7.22. The van der Waals surface area contributed by atoms with Gasteiger partial charge >= 0.3 is 7.12 Å². The van der Waals surface area contributed by atoms with Gasteiger partial charge in [0, 0.05) is 17.7 Å². The minimum Gasteiger partial charge on any atom is -0.403 e. The summed E-state index contributed by atoms with van der Waals surface area (Å²) in [5, 5.41) is 0. The Morgan fingerprint density at radius 2 is 1.56 bits per heavy atom. The molecule has 1 saturated heterocycles. The lowest BCUT2D eigenvalue weighted by Gasteiger charge is -2.46. The van der Waals surface area contributed by atoms with E-state index in [4.69, 9.17) is 9.31 Å². The lowest BCUT2D eigenvalue weighted by atomic mass is 9.44. The Labute approximate surface area is 110 Å².